The van der Waals surface area contributed by atoms with Crippen molar-refractivity contribution in [2.75, 3.05) is 0 Å². The van der Waals surface area contributed by atoms with E-state index < -0.39 is 40.7 Å². The van der Waals surface area contributed by atoms with E-state index in [-0.39, 0.29) is 11.1 Å². The fraction of sp³-hybridized carbons (Fsp3) is 0.429. The minimum atomic E-state index is -1.81. The molecule has 0 spiro atoms. The fourth-order valence-electron chi connectivity index (χ4n) is 3.69. The van der Waals surface area contributed by atoms with Gasteiger partial charge < -0.3 is 5.11 Å². The molecule has 5 heteroatoms. The molecule has 1 aromatic carbocycles. The number of aliphatic hydroxyl groups is 1. The highest BCUT2D eigenvalue weighted by atomic mass is 19.2. The maximum absolute atomic E-state index is 13.9. The van der Waals surface area contributed by atoms with E-state index in [1.54, 1.807) is 6.92 Å². The van der Waals surface area contributed by atoms with Crippen LogP contribution in [0, 0.1) is 23.3 Å². The summed E-state index contributed by atoms with van der Waals surface area (Å²) in [4.78, 5) is 0. The fourth-order valence-corrected chi connectivity index (χ4v) is 3.69. The van der Waals surface area contributed by atoms with E-state index in [0.29, 0.717) is 18.4 Å². The molecule has 1 fully saturated rings. The molecule has 3 rings (SSSR count). The molecule has 1 saturated carbocycles. The zero-order valence-electron chi connectivity index (χ0n) is 10.2. The lowest BCUT2D eigenvalue weighted by Gasteiger charge is -2.29. The van der Waals surface area contributed by atoms with Crippen LogP contribution in [0.3, 0.4) is 0 Å². The Hall–Kier alpha value is -1.36. The van der Waals surface area contributed by atoms with Crippen LogP contribution >= 0.6 is 0 Å². The first-order valence-electron chi connectivity index (χ1n) is 6.05. The summed E-state index contributed by atoms with van der Waals surface area (Å²) in [6.07, 6.45) is 0.810. The molecule has 1 aromatic rings. The Morgan fingerprint density at radius 3 is 1.68 bits per heavy atom. The molecule has 0 amide bonds. The zero-order chi connectivity index (χ0) is 14.1. The summed E-state index contributed by atoms with van der Waals surface area (Å²) >= 11 is 0. The van der Waals surface area contributed by atoms with Gasteiger partial charge in [0, 0.05) is 23.0 Å². The second kappa shape index (κ2) is 3.60. The molecular weight excluding hydrogens is 260 g/mol. The molecule has 1 nitrogen and oxygen atoms in total. The Morgan fingerprint density at radius 2 is 1.37 bits per heavy atom. The predicted molar refractivity (Wildman–Crippen MR) is 60.8 cm³/mol. The number of hydrogen-bond donors (Lipinski definition) is 1. The Balaban J connectivity index is 2.35. The van der Waals surface area contributed by atoms with Crippen LogP contribution in [0.2, 0.25) is 0 Å². The Bertz CT molecular complexity index is 565. The summed E-state index contributed by atoms with van der Waals surface area (Å²) in [7, 11) is 0. The van der Waals surface area contributed by atoms with E-state index in [4.69, 9.17) is 0 Å². The van der Waals surface area contributed by atoms with Crippen LogP contribution in [0.25, 0.3) is 0 Å². The lowest BCUT2D eigenvalue weighted by molar-refractivity contribution is 0.0625. The normalized spacial score (nSPS) is 31.7. The van der Waals surface area contributed by atoms with Gasteiger partial charge in [-0.2, -0.15) is 0 Å². The summed E-state index contributed by atoms with van der Waals surface area (Å²) < 4.78 is 54.4. The van der Waals surface area contributed by atoms with Gasteiger partial charge in [-0.3, -0.25) is 0 Å². The Morgan fingerprint density at radius 1 is 1.00 bits per heavy atom. The zero-order valence-corrected chi connectivity index (χ0v) is 10.2. The van der Waals surface area contributed by atoms with Gasteiger partial charge in [-0.05, 0) is 25.3 Å². The van der Waals surface area contributed by atoms with Crippen molar-refractivity contribution in [2.45, 2.75) is 37.2 Å². The van der Waals surface area contributed by atoms with Crippen molar-refractivity contribution in [3.63, 3.8) is 0 Å². The summed E-state index contributed by atoms with van der Waals surface area (Å²) in [5.41, 5.74) is -1.60. The summed E-state index contributed by atoms with van der Waals surface area (Å²) in [5, 5.41) is 10.6. The van der Waals surface area contributed by atoms with Crippen LogP contribution in [0.4, 0.5) is 17.6 Å². The van der Waals surface area contributed by atoms with Gasteiger partial charge >= 0.3 is 0 Å². The smallest absolute Gasteiger partial charge is 0.197 e. The maximum Gasteiger partial charge on any atom is 0.197 e. The van der Waals surface area contributed by atoms with Crippen molar-refractivity contribution in [2.24, 2.45) is 0 Å². The van der Waals surface area contributed by atoms with Gasteiger partial charge in [-0.25, -0.2) is 17.6 Å². The molecule has 0 aliphatic heterocycles. The van der Waals surface area contributed by atoms with Gasteiger partial charge in [-0.15, -0.1) is 0 Å². The van der Waals surface area contributed by atoms with E-state index in [1.165, 1.54) is 0 Å². The van der Waals surface area contributed by atoms with Crippen LogP contribution < -0.4 is 0 Å². The van der Waals surface area contributed by atoms with Gasteiger partial charge in [0.15, 0.2) is 23.3 Å². The van der Waals surface area contributed by atoms with Crippen molar-refractivity contribution in [1.82, 2.24) is 0 Å². The minimum absolute atomic E-state index is 0.224. The molecule has 1 N–H and O–H groups in total. The van der Waals surface area contributed by atoms with Crippen molar-refractivity contribution in [1.29, 1.82) is 0 Å². The Labute approximate surface area is 107 Å². The summed E-state index contributed by atoms with van der Waals surface area (Å²) in [5.74, 6) is -7.91. The number of rotatable bonds is 1. The average molecular weight is 272 g/mol. The van der Waals surface area contributed by atoms with Crippen molar-refractivity contribution in [3.8, 4) is 0 Å². The van der Waals surface area contributed by atoms with Crippen molar-refractivity contribution >= 4 is 0 Å². The number of hydrogen-bond acceptors (Lipinski definition) is 1. The second-order valence-corrected chi connectivity index (χ2v) is 5.37. The monoisotopic (exact) mass is 272 g/mol. The molecule has 0 unspecified atom stereocenters. The van der Waals surface area contributed by atoms with E-state index in [9.17, 15) is 22.7 Å². The van der Waals surface area contributed by atoms with E-state index in [2.05, 4.69) is 6.58 Å². The van der Waals surface area contributed by atoms with E-state index in [0.717, 1.165) is 0 Å². The molecule has 2 bridgehead atoms. The second-order valence-electron chi connectivity index (χ2n) is 5.37. The summed E-state index contributed by atoms with van der Waals surface area (Å²) in [6.45, 7) is 5.21. The van der Waals surface area contributed by atoms with Crippen LogP contribution in [-0.2, 0) is 0 Å². The number of benzene rings is 1. The quantitative estimate of drug-likeness (QED) is 0.359. The Kier molecular flexibility index (Phi) is 2.40. The van der Waals surface area contributed by atoms with E-state index in [1.807, 2.05) is 0 Å². The van der Waals surface area contributed by atoms with Gasteiger partial charge in [-0.1, -0.05) is 6.58 Å². The molecule has 19 heavy (non-hydrogen) atoms. The van der Waals surface area contributed by atoms with Gasteiger partial charge in [0.2, 0.25) is 0 Å². The minimum Gasteiger partial charge on any atom is -0.384 e. The molecular formula is C14H12F4O. The third-order valence-corrected chi connectivity index (χ3v) is 4.53. The topological polar surface area (TPSA) is 20.2 Å². The third kappa shape index (κ3) is 1.24. The predicted octanol–water partition coefficient (Wildman–Crippen LogP) is 3.52. The van der Waals surface area contributed by atoms with Crippen molar-refractivity contribution < 1.29 is 22.7 Å². The molecule has 2 aliphatic carbocycles. The molecule has 102 valence electrons. The average Bonchev–Trinajstić information content (AvgIpc) is 2.84. The highest BCUT2D eigenvalue weighted by molar-refractivity contribution is 5.52. The summed E-state index contributed by atoms with van der Waals surface area (Å²) in [6, 6.07) is 0. The molecule has 2 atom stereocenters. The maximum atomic E-state index is 13.9. The number of halogens is 4. The van der Waals surface area contributed by atoms with Crippen LogP contribution in [-0.4, -0.2) is 10.7 Å². The van der Waals surface area contributed by atoms with Gasteiger partial charge in [0.05, 0.1) is 5.60 Å². The van der Waals surface area contributed by atoms with Crippen molar-refractivity contribution in [3.05, 3.63) is 46.5 Å². The molecule has 2 aliphatic rings. The van der Waals surface area contributed by atoms with Crippen LogP contribution in [0.1, 0.15) is 42.7 Å². The molecule has 0 saturated heterocycles. The lowest BCUT2D eigenvalue weighted by Crippen LogP contribution is -2.33. The third-order valence-electron chi connectivity index (χ3n) is 4.53. The molecule has 0 heterocycles. The largest absolute Gasteiger partial charge is 0.384 e. The van der Waals surface area contributed by atoms with E-state index >= 15 is 0 Å². The first-order chi connectivity index (χ1) is 8.81. The highest BCUT2D eigenvalue weighted by Gasteiger charge is 2.60. The standard InChI is InChI=1S/C14H12F4O/c1-5(2)14(19)6-3-4-7(14)9-8(6)10(15)12(17)13(18)11(9)16/h6-7,19H,1,3-4H2,2H3/t6-,7-/m0/s1. The first-order valence-corrected chi connectivity index (χ1v) is 6.05. The lowest BCUT2D eigenvalue weighted by atomic mass is 9.83. The van der Waals surface area contributed by atoms with Crippen LogP contribution in [0.15, 0.2) is 12.2 Å². The molecule has 0 radical (unpaired) electrons. The number of fused-ring (bicyclic) bond motifs is 5. The van der Waals surface area contributed by atoms with Gasteiger partial charge in [0.1, 0.15) is 0 Å². The first kappa shape index (κ1) is 12.7. The van der Waals surface area contributed by atoms with Crippen LogP contribution in [0.5, 0.6) is 0 Å². The SMILES string of the molecule is C=C(C)C1(O)[C@H]2CC[C@H]1c1c(F)c(F)c(F)c(F)c12. The van der Waals surface area contributed by atoms with Gasteiger partial charge in [0.25, 0.3) is 0 Å². The molecule has 0 aromatic heterocycles. The highest BCUT2D eigenvalue weighted by Crippen LogP contribution is 2.63.